The molecule has 3 rings (SSSR count). The summed E-state index contributed by atoms with van der Waals surface area (Å²) in [6.07, 6.45) is 2.57. The van der Waals surface area contributed by atoms with E-state index in [1.807, 2.05) is 26.8 Å². The molecule has 0 atom stereocenters. The molecule has 34 heavy (non-hydrogen) atoms. The van der Waals surface area contributed by atoms with Crippen molar-refractivity contribution in [2.45, 2.75) is 26.2 Å². The number of methoxy groups -OCH3 is 1. The first-order valence-corrected chi connectivity index (χ1v) is 12.6. The molecule has 2 aromatic carbocycles. The van der Waals surface area contributed by atoms with E-state index in [1.54, 1.807) is 24.4 Å². The molecule has 0 aliphatic heterocycles. The van der Waals surface area contributed by atoms with Gasteiger partial charge in [0, 0.05) is 23.0 Å². The number of H-pyrrole nitrogens is 1. The number of amides is 1. The molecule has 0 aliphatic carbocycles. The monoisotopic (exact) mass is 503 g/mol. The van der Waals surface area contributed by atoms with E-state index in [4.69, 9.17) is 16.3 Å². The topological polar surface area (TPSA) is 117 Å². The molecule has 8 nitrogen and oxygen atoms in total. The largest absolute Gasteiger partial charge is 0.494 e. The number of rotatable bonds is 6. The number of pyridine rings is 1. The maximum atomic E-state index is 13.1. The lowest BCUT2D eigenvalue weighted by Crippen LogP contribution is -2.18. The molecular weight excluding hydrogens is 478 g/mol. The van der Waals surface area contributed by atoms with Gasteiger partial charge in [-0.15, -0.1) is 0 Å². The third-order valence-corrected chi connectivity index (χ3v) is 5.91. The second-order valence-electron chi connectivity index (χ2n) is 8.79. The van der Waals surface area contributed by atoms with Crippen LogP contribution in [0.4, 0.5) is 11.4 Å². The molecule has 0 fully saturated rings. The zero-order chi connectivity index (χ0) is 25.3. The number of hydrogen-bond acceptors (Lipinski definition) is 5. The van der Waals surface area contributed by atoms with Crippen LogP contribution in [-0.2, 0) is 15.4 Å². The van der Waals surface area contributed by atoms with Crippen LogP contribution < -0.4 is 20.3 Å². The Kier molecular flexibility index (Phi) is 7.09. The Morgan fingerprint density at radius 1 is 1.12 bits per heavy atom. The number of ether oxygens (including phenoxy) is 1. The molecule has 10 heteroatoms. The van der Waals surface area contributed by atoms with Crippen molar-refractivity contribution in [2.75, 3.05) is 23.4 Å². The first-order valence-electron chi connectivity index (χ1n) is 10.3. The van der Waals surface area contributed by atoms with E-state index in [-0.39, 0.29) is 27.2 Å². The van der Waals surface area contributed by atoms with Gasteiger partial charge in [0.25, 0.3) is 11.5 Å². The molecule has 0 spiro atoms. The number of carbonyl (C=O) groups is 1. The number of benzene rings is 2. The minimum absolute atomic E-state index is 0.0665. The van der Waals surface area contributed by atoms with Crippen molar-refractivity contribution in [3.8, 4) is 16.9 Å². The number of anilines is 2. The number of hydrogen-bond donors (Lipinski definition) is 3. The number of aromatic amines is 1. The molecular formula is C24H26ClN3O5S. The fourth-order valence-electron chi connectivity index (χ4n) is 3.47. The summed E-state index contributed by atoms with van der Waals surface area (Å²) in [7, 11) is -1.98. The summed E-state index contributed by atoms with van der Waals surface area (Å²) in [5.74, 6) is -0.0587. The Bertz CT molecular complexity index is 1410. The lowest BCUT2D eigenvalue weighted by molar-refractivity contribution is 0.102. The molecule has 3 aromatic rings. The Morgan fingerprint density at radius 2 is 1.82 bits per heavy atom. The highest BCUT2D eigenvalue weighted by molar-refractivity contribution is 7.92. The third kappa shape index (κ3) is 5.78. The minimum Gasteiger partial charge on any atom is -0.494 e. The van der Waals surface area contributed by atoms with Crippen LogP contribution in [0.5, 0.6) is 5.75 Å². The average molecular weight is 504 g/mol. The molecule has 3 N–H and O–H groups in total. The fourth-order valence-corrected chi connectivity index (χ4v) is 4.29. The quantitative estimate of drug-likeness (QED) is 0.453. The van der Waals surface area contributed by atoms with Gasteiger partial charge in [-0.3, -0.25) is 14.3 Å². The fraction of sp³-hybridized carbons (Fsp3) is 0.250. The SMILES string of the molecule is COc1c(NC(=O)c2ccc(NS(C)(=O)=O)cc2Cl)cc(-c2ccc[nH]c2=O)cc1C(C)(C)C. The molecule has 1 aromatic heterocycles. The highest BCUT2D eigenvalue weighted by Gasteiger charge is 2.25. The Morgan fingerprint density at radius 3 is 2.38 bits per heavy atom. The Balaban J connectivity index is 2.08. The zero-order valence-corrected chi connectivity index (χ0v) is 21.0. The van der Waals surface area contributed by atoms with Gasteiger partial charge in [-0.1, -0.05) is 32.4 Å². The van der Waals surface area contributed by atoms with Crippen LogP contribution in [0.25, 0.3) is 11.1 Å². The van der Waals surface area contributed by atoms with Gasteiger partial charge < -0.3 is 15.0 Å². The van der Waals surface area contributed by atoms with Crippen LogP contribution in [0.1, 0.15) is 36.7 Å². The molecule has 1 amide bonds. The number of sulfonamides is 1. The summed E-state index contributed by atoms with van der Waals surface area (Å²) in [4.78, 5) is 28.2. The number of aromatic nitrogens is 1. The first-order chi connectivity index (χ1) is 15.8. The van der Waals surface area contributed by atoms with Gasteiger partial charge in [-0.2, -0.15) is 0 Å². The van der Waals surface area contributed by atoms with Crippen molar-refractivity contribution in [3.63, 3.8) is 0 Å². The van der Waals surface area contributed by atoms with Crippen molar-refractivity contribution >= 4 is 38.9 Å². The van der Waals surface area contributed by atoms with E-state index in [0.29, 0.717) is 22.6 Å². The molecule has 180 valence electrons. The molecule has 0 unspecified atom stereocenters. The normalized spacial score (nSPS) is 11.7. The predicted octanol–water partition coefficient (Wildman–Crippen LogP) is 4.63. The zero-order valence-electron chi connectivity index (χ0n) is 19.4. The summed E-state index contributed by atoms with van der Waals surface area (Å²) in [6.45, 7) is 6.00. The minimum atomic E-state index is -3.49. The number of carbonyl (C=O) groups excluding carboxylic acids is 1. The van der Waals surface area contributed by atoms with Gasteiger partial charge in [-0.25, -0.2) is 8.42 Å². The van der Waals surface area contributed by atoms with Crippen LogP contribution in [0.3, 0.4) is 0 Å². The van der Waals surface area contributed by atoms with Crippen molar-refractivity contribution in [3.05, 3.63) is 75.2 Å². The van der Waals surface area contributed by atoms with E-state index in [1.165, 1.54) is 25.3 Å². The number of nitrogens with one attached hydrogen (secondary N) is 3. The molecule has 0 saturated carbocycles. The summed E-state index contributed by atoms with van der Waals surface area (Å²) in [5, 5.41) is 2.90. The van der Waals surface area contributed by atoms with Crippen molar-refractivity contribution in [2.24, 2.45) is 0 Å². The summed E-state index contributed by atoms with van der Waals surface area (Å²) < 4.78 is 30.9. The highest BCUT2D eigenvalue weighted by atomic mass is 35.5. The van der Waals surface area contributed by atoms with Crippen molar-refractivity contribution in [1.82, 2.24) is 4.98 Å². The first kappa shape index (κ1) is 25.3. The lowest BCUT2D eigenvalue weighted by Gasteiger charge is -2.25. The summed E-state index contributed by atoms with van der Waals surface area (Å²) >= 11 is 6.27. The predicted molar refractivity (Wildman–Crippen MR) is 136 cm³/mol. The van der Waals surface area contributed by atoms with Crippen LogP contribution in [-0.4, -0.2) is 32.7 Å². The molecule has 0 aliphatic rings. The lowest BCUT2D eigenvalue weighted by atomic mass is 9.84. The number of halogens is 1. The Labute approximate surface area is 203 Å². The van der Waals surface area contributed by atoms with Crippen LogP contribution in [0, 0.1) is 0 Å². The van der Waals surface area contributed by atoms with Gasteiger partial charge in [0.1, 0.15) is 5.75 Å². The second kappa shape index (κ2) is 9.52. The standard InChI is InChI=1S/C24H26ClN3O5S/c1-24(2,3)18-11-14(16-7-6-10-26-22(16)29)12-20(21(18)33-4)27-23(30)17-9-8-15(13-19(17)25)28-34(5,31)32/h6-13,28H,1-5H3,(H,26,29)(H,27,30). The van der Waals surface area contributed by atoms with Gasteiger partial charge in [0.15, 0.2) is 0 Å². The van der Waals surface area contributed by atoms with Gasteiger partial charge in [-0.05, 0) is 53.4 Å². The Hall–Kier alpha value is -3.30. The van der Waals surface area contributed by atoms with E-state index < -0.39 is 15.9 Å². The maximum absolute atomic E-state index is 13.1. The molecule has 0 radical (unpaired) electrons. The van der Waals surface area contributed by atoms with Crippen LogP contribution >= 0.6 is 11.6 Å². The van der Waals surface area contributed by atoms with E-state index in [2.05, 4.69) is 15.0 Å². The average Bonchev–Trinajstić information content (AvgIpc) is 2.71. The summed E-state index contributed by atoms with van der Waals surface area (Å²) in [5.41, 5.74) is 1.98. The summed E-state index contributed by atoms with van der Waals surface area (Å²) in [6, 6.07) is 11.2. The van der Waals surface area contributed by atoms with E-state index in [0.717, 1.165) is 11.8 Å². The third-order valence-electron chi connectivity index (χ3n) is 5.00. The molecule has 0 bridgehead atoms. The van der Waals surface area contributed by atoms with Crippen LogP contribution in [0.2, 0.25) is 5.02 Å². The maximum Gasteiger partial charge on any atom is 0.257 e. The van der Waals surface area contributed by atoms with Gasteiger partial charge in [0.05, 0.1) is 29.6 Å². The molecule has 0 saturated heterocycles. The highest BCUT2D eigenvalue weighted by Crippen LogP contribution is 2.40. The van der Waals surface area contributed by atoms with Gasteiger partial charge >= 0.3 is 0 Å². The van der Waals surface area contributed by atoms with Crippen molar-refractivity contribution in [1.29, 1.82) is 0 Å². The smallest absolute Gasteiger partial charge is 0.257 e. The second-order valence-corrected chi connectivity index (χ2v) is 10.9. The molecule has 1 heterocycles. The van der Waals surface area contributed by atoms with E-state index in [9.17, 15) is 18.0 Å². The van der Waals surface area contributed by atoms with Crippen molar-refractivity contribution < 1.29 is 17.9 Å². The van der Waals surface area contributed by atoms with E-state index >= 15 is 0 Å². The van der Waals surface area contributed by atoms with Crippen LogP contribution in [0.15, 0.2) is 53.5 Å². The van der Waals surface area contributed by atoms with Gasteiger partial charge in [0.2, 0.25) is 10.0 Å².